The van der Waals surface area contributed by atoms with Crippen LogP contribution in [0, 0.1) is 0 Å². The number of carbonyl (C=O) groups excluding carboxylic acids is 1. The molecule has 0 aliphatic heterocycles. The zero-order chi connectivity index (χ0) is 11.7. The van der Waals surface area contributed by atoms with Crippen LogP contribution in [0.4, 0.5) is 0 Å². The van der Waals surface area contributed by atoms with Crippen LogP contribution in [0.1, 0.15) is 10.4 Å². The van der Waals surface area contributed by atoms with Gasteiger partial charge in [-0.1, -0.05) is 0 Å². The molecule has 0 unspecified atom stereocenters. The van der Waals surface area contributed by atoms with Crippen LogP contribution in [0.3, 0.4) is 0 Å². The number of aromatic nitrogens is 2. The van der Waals surface area contributed by atoms with Crippen molar-refractivity contribution in [2.75, 3.05) is 0 Å². The molecule has 0 saturated carbocycles. The summed E-state index contributed by atoms with van der Waals surface area (Å²) in [6.07, 6.45) is 1.41. The SMILES string of the molecule is Cn1cnc2ccc(C(=O)NO)cc2c1=O. The molecule has 16 heavy (non-hydrogen) atoms. The Hall–Kier alpha value is -2.21. The van der Waals surface area contributed by atoms with Crippen LogP contribution < -0.4 is 11.0 Å². The average molecular weight is 219 g/mol. The van der Waals surface area contributed by atoms with E-state index in [0.29, 0.717) is 10.9 Å². The minimum absolute atomic E-state index is 0.208. The normalized spacial score (nSPS) is 10.4. The predicted molar refractivity (Wildman–Crippen MR) is 56.2 cm³/mol. The maximum absolute atomic E-state index is 11.7. The fraction of sp³-hybridized carbons (Fsp3) is 0.100. The predicted octanol–water partition coefficient (Wildman–Crippen LogP) is 0.0525. The van der Waals surface area contributed by atoms with Gasteiger partial charge < -0.3 is 4.57 Å². The van der Waals surface area contributed by atoms with Crippen LogP contribution in [0.5, 0.6) is 0 Å². The molecule has 0 fully saturated rings. The molecule has 0 aliphatic rings. The monoisotopic (exact) mass is 219 g/mol. The number of nitrogens with zero attached hydrogens (tertiary/aromatic N) is 2. The van der Waals surface area contributed by atoms with E-state index in [9.17, 15) is 9.59 Å². The number of carbonyl (C=O) groups is 1. The summed E-state index contributed by atoms with van der Waals surface area (Å²) in [5.74, 6) is -0.659. The lowest BCUT2D eigenvalue weighted by Crippen LogP contribution is -2.20. The molecule has 0 radical (unpaired) electrons. The lowest BCUT2D eigenvalue weighted by molar-refractivity contribution is 0.0706. The van der Waals surface area contributed by atoms with Crippen molar-refractivity contribution in [3.63, 3.8) is 0 Å². The summed E-state index contributed by atoms with van der Waals surface area (Å²) in [6.45, 7) is 0. The molecule has 0 saturated heterocycles. The largest absolute Gasteiger partial charge is 0.302 e. The first-order chi connectivity index (χ1) is 7.63. The summed E-state index contributed by atoms with van der Waals surface area (Å²) in [6, 6.07) is 4.44. The Bertz CT molecular complexity index is 618. The van der Waals surface area contributed by atoms with Crippen molar-refractivity contribution in [2.45, 2.75) is 0 Å². The fourth-order valence-electron chi connectivity index (χ4n) is 1.42. The summed E-state index contributed by atoms with van der Waals surface area (Å²) >= 11 is 0. The third-order valence-electron chi connectivity index (χ3n) is 2.28. The van der Waals surface area contributed by atoms with Crippen molar-refractivity contribution in [1.82, 2.24) is 15.0 Å². The number of rotatable bonds is 1. The van der Waals surface area contributed by atoms with Crippen molar-refractivity contribution >= 4 is 16.8 Å². The highest BCUT2D eigenvalue weighted by Gasteiger charge is 2.07. The average Bonchev–Trinajstić information content (AvgIpc) is 2.32. The summed E-state index contributed by atoms with van der Waals surface area (Å²) in [5, 5.41) is 8.82. The van der Waals surface area contributed by atoms with Gasteiger partial charge in [0.25, 0.3) is 11.5 Å². The molecule has 1 amide bonds. The number of benzene rings is 1. The van der Waals surface area contributed by atoms with Crippen molar-refractivity contribution in [1.29, 1.82) is 0 Å². The zero-order valence-corrected chi connectivity index (χ0v) is 8.47. The second-order valence-corrected chi connectivity index (χ2v) is 3.33. The van der Waals surface area contributed by atoms with Gasteiger partial charge in [-0.15, -0.1) is 0 Å². The highest BCUT2D eigenvalue weighted by Crippen LogP contribution is 2.09. The van der Waals surface area contributed by atoms with Gasteiger partial charge in [0.05, 0.1) is 17.2 Å². The Balaban J connectivity index is 2.74. The van der Waals surface area contributed by atoms with E-state index >= 15 is 0 Å². The summed E-state index contributed by atoms with van der Waals surface area (Å²) in [4.78, 5) is 26.9. The summed E-state index contributed by atoms with van der Waals surface area (Å²) in [5.41, 5.74) is 1.99. The van der Waals surface area contributed by atoms with E-state index in [1.165, 1.54) is 28.5 Å². The maximum atomic E-state index is 11.7. The molecule has 0 bridgehead atoms. The van der Waals surface area contributed by atoms with Gasteiger partial charge in [-0.25, -0.2) is 10.5 Å². The van der Waals surface area contributed by atoms with Gasteiger partial charge in [0, 0.05) is 12.6 Å². The smallest absolute Gasteiger partial charge is 0.274 e. The molecule has 0 atom stereocenters. The summed E-state index contributed by atoms with van der Waals surface area (Å²) in [7, 11) is 1.58. The molecule has 2 rings (SSSR count). The third kappa shape index (κ3) is 1.55. The Kier molecular flexibility index (Phi) is 2.41. The number of amides is 1. The van der Waals surface area contributed by atoms with E-state index in [1.807, 2.05) is 0 Å². The van der Waals surface area contributed by atoms with Gasteiger partial charge in [0.1, 0.15) is 0 Å². The molecule has 1 aromatic heterocycles. The minimum atomic E-state index is -0.659. The maximum Gasteiger partial charge on any atom is 0.274 e. The molecule has 0 spiro atoms. The second-order valence-electron chi connectivity index (χ2n) is 3.33. The Labute approximate surface area is 90.1 Å². The van der Waals surface area contributed by atoms with Gasteiger partial charge in [0.15, 0.2) is 0 Å². The number of hydroxylamine groups is 1. The van der Waals surface area contributed by atoms with E-state index in [-0.39, 0.29) is 11.1 Å². The van der Waals surface area contributed by atoms with Crippen LogP contribution in [0.2, 0.25) is 0 Å². The zero-order valence-electron chi connectivity index (χ0n) is 8.47. The number of aryl methyl sites for hydroxylation is 1. The molecule has 1 heterocycles. The van der Waals surface area contributed by atoms with Gasteiger partial charge in [-0.3, -0.25) is 14.8 Å². The number of hydrogen-bond donors (Lipinski definition) is 2. The minimum Gasteiger partial charge on any atom is -0.302 e. The first-order valence-corrected chi connectivity index (χ1v) is 4.53. The van der Waals surface area contributed by atoms with E-state index in [1.54, 1.807) is 13.1 Å². The topological polar surface area (TPSA) is 84.2 Å². The molecule has 2 aromatic rings. The molecule has 0 aliphatic carbocycles. The van der Waals surface area contributed by atoms with Crippen LogP contribution in [-0.4, -0.2) is 20.7 Å². The van der Waals surface area contributed by atoms with Gasteiger partial charge in [-0.2, -0.15) is 0 Å². The van der Waals surface area contributed by atoms with Crippen molar-refractivity contribution in [3.8, 4) is 0 Å². The van der Waals surface area contributed by atoms with Crippen molar-refractivity contribution < 1.29 is 10.0 Å². The van der Waals surface area contributed by atoms with Crippen LogP contribution in [-0.2, 0) is 7.05 Å². The lowest BCUT2D eigenvalue weighted by atomic mass is 10.1. The van der Waals surface area contributed by atoms with Crippen molar-refractivity contribution in [3.05, 3.63) is 40.4 Å². The van der Waals surface area contributed by atoms with Crippen LogP contribution in [0.25, 0.3) is 10.9 Å². The van der Waals surface area contributed by atoms with Crippen molar-refractivity contribution in [2.24, 2.45) is 7.05 Å². The number of fused-ring (bicyclic) bond motifs is 1. The first kappa shape index (κ1) is 10.3. The third-order valence-corrected chi connectivity index (χ3v) is 2.28. The fourth-order valence-corrected chi connectivity index (χ4v) is 1.42. The number of hydrogen-bond acceptors (Lipinski definition) is 4. The molecule has 2 N–H and O–H groups in total. The van der Waals surface area contributed by atoms with Gasteiger partial charge >= 0.3 is 0 Å². The second kappa shape index (κ2) is 3.74. The van der Waals surface area contributed by atoms with Crippen LogP contribution >= 0.6 is 0 Å². The highest BCUT2D eigenvalue weighted by atomic mass is 16.5. The Morgan fingerprint density at radius 2 is 2.25 bits per heavy atom. The first-order valence-electron chi connectivity index (χ1n) is 4.53. The number of nitrogens with one attached hydrogen (secondary N) is 1. The van der Waals surface area contributed by atoms with Gasteiger partial charge in [0.2, 0.25) is 0 Å². The quantitative estimate of drug-likeness (QED) is 0.524. The van der Waals surface area contributed by atoms with Crippen LogP contribution in [0.15, 0.2) is 29.3 Å². The molecular weight excluding hydrogens is 210 g/mol. The lowest BCUT2D eigenvalue weighted by Gasteiger charge is -2.02. The molecular formula is C10H9N3O3. The molecule has 1 aromatic carbocycles. The van der Waals surface area contributed by atoms with E-state index in [0.717, 1.165) is 0 Å². The van der Waals surface area contributed by atoms with E-state index < -0.39 is 5.91 Å². The highest BCUT2D eigenvalue weighted by molar-refractivity contribution is 5.97. The Morgan fingerprint density at radius 3 is 2.94 bits per heavy atom. The molecule has 82 valence electrons. The van der Waals surface area contributed by atoms with Gasteiger partial charge in [-0.05, 0) is 18.2 Å². The molecule has 6 nitrogen and oxygen atoms in total. The van der Waals surface area contributed by atoms with E-state index in [2.05, 4.69) is 4.98 Å². The Morgan fingerprint density at radius 1 is 1.50 bits per heavy atom. The van der Waals surface area contributed by atoms with E-state index in [4.69, 9.17) is 5.21 Å². The standard InChI is InChI=1S/C10H9N3O3/c1-13-5-11-8-3-2-6(9(14)12-16)4-7(8)10(13)15/h2-5,16H,1H3,(H,12,14). The summed E-state index contributed by atoms with van der Waals surface area (Å²) < 4.78 is 1.32. The molecule has 6 heteroatoms.